The molecule has 2 N–H and O–H groups in total. The minimum atomic E-state index is -3.82. The van der Waals surface area contributed by atoms with Gasteiger partial charge in [-0.15, -0.1) is 0 Å². The van der Waals surface area contributed by atoms with Crippen molar-refractivity contribution >= 4 is 10.0 Å². The van der Waals surface area contributed by atoms with Gasteiger partial charge in [0.1, 0.15) is 11.6 Å². The molecule has 2 aromatic rings. The molecule has 0 aliphatic heterocycles. The van der Waals surface area contributed by atoms with Crippen molar-refractivity contribution in [3.8, 4) is 0 Å². The van der Waals surface area contributed by atoms with Gasteiger partial charge >= 0.3 is 0 Å². The van der Waals surface area contributed by atoms with Gasteiger partial charge in [-0.25, -0.2) is 22.9 Å². The van der Waals surface area contributed by atoms with Crippen molar-refractivity contribution in [2.75, 3.05) is 0 Å². The van der Waals surface area contributed by atoms with Crippen molar-refractivity contribution in [3.63, 3.8) is 0 Å². The second kappa shape index (κ2) is 5.95. The summed E-state index contributed by atoms with van der Waals surface area (Å²) in [6.07, 6.45) is 2.92. The molecule has 0 atom stereocenters. The van der Waals surface area contributed by atoms with Crippen LogP contribution < -0.4 is 5.14 Å². The molecule has 0 saturated carbocycles. The summed E-state index contributed by atoms with van der Waals surface area (Å²) in [6.45, 7) is 4.23. The molecule has 0 amide bonds. The van der Waals surface area contributed by atoms with Crippen LogP contribution in [-0.4, -0.2) is 18.0 Å². The molecule has 1 heterocycles. The van der Waals surface area contributed by atoms with Crippen LogP contribution in [0.15, 0.2) is 29.4 Å². The van der Waals surface area contributed by atoms with Crippen molar-refractivity contribution in [2.45, 2.75) is 38.3 Å². The normalized spacial score (nSPS) is 11.8. The van der Waals surface area contributed by atoms with Gasteiger partial charge in [0.15, 0.2) is 5.03 Å². The molecular formula is C14H18FN3O2S. The second-order valence-corrected chi connectivity index (χ2v) is 6.50. The number of rotatable bonds is 5. The number of aryl methyl sites for hydroxylation is 2. The lowest BCUT2D eigenvalue weighted by Gasteiger charge is -2.09. The Kier molecular flexibility index (Phi) is 4.43. The number of aromatic nitrogens is 2. The van der Waals surface area contributed by atoms with Crippen LogP contribution in [0.2, 0.25) is 0 Å². The zero-order chi connectivity index (χ0) is 15.6. The fourth-order valence-corrected chi connectivity index (χ4v) is 2.65. The summed E-state index contributed by atoms with van der Waals surface area (Å²) >= 11 is 0. The average molecular weight is 311 g/mol. The molecule has 0 aliphatic rings. The Balaban J connectivity index is 2.40. The molecule has 21 heavy (non-hydrogen) atoms. The summed E-state index contributed by atoms with van der Waals surface area (Å²) in [4.78, 5) is 4.09. The van der Waals surface area contributed by atoms with Gasteiger partial charge in [-0.1, -0.05) is 13.0 Å². The summed E-state index contributed by atoms with van der Waals surface area (Å²) in [6, 6.07) is 4.53. The number of benzene rings is 1. The van der Waals surface area contributed by atoms with Gasteiger partial charge in [-0.05, 0) is 36.6 Å². The Bertz CT molecular complexity index is 754. The summed E-state index contributed by atoms with van der Waals surface area (Å²) in [5.41, 5.74) is 1.72. The summed E-state index contributed by atoms with van der Waals surface area (Å²) in [7, 11) is -3.82. The number of sulfonamides is 1. The second-order valence-electron chi connectivity index (χ2n) is 4.99. The molecule has 7 heteroatoms. The van der Waals surface area contributed by atoms with E-state index >= 15 is 0 Å². The first-order valence-electron chi connectivity index (χ1n) is 6.65. The highest BCUT2D eigenvalue weighted by Crippen LogP contribution is 2.16. The van der Waals surface area contributed by atoms with E-state index in [0.29, 0.717) is 18.8 Å². The third kappa shape index (κ3) is 3.68. The van der Waals surface area contributed by atoms with Crippen molar-refractivity contribution in [1.82, 2.24) is 9.55 Å². The van der Waals surface area contributed by atoms with Gasteiger partial charge in [0, 0.05) is 19.2 Å². The minimum absolute atomic E-state index is 0.134. The molecule has 2 rings (SSSR count). The van der Waals surface area contributed by atoms with E-state index < -0.39 is 10.0 Å². The van der Waals surface area contributed by atoms with Crippen LogP contribution in [0.25, 0.3) is 0 Å². The Morgan fingerprint density at radius 2 is 2.10 bits per heavy atom. The maximum absolute atomic E-state index is 13.1. The smallest absolute Gasteiger partial charge is 0.257 e. The van der Waals surface area contributed by atoms with Gasteiger partial charge in [-0.2, -0.15) is 0 Å². The van der Waals surface area contributed by atoms with Crippen molar-refractivity contribution in [3.05, 3.63) is 47.2 Å². The molecule has 0 unspecified atom stereocenters. The molecule has 0 spiro atoms. The van der Waals surface area contributed by atoms with Crippen LogP contribution in [0.3, 0.4) is 0 Å². The summed E-state index contributed by atoms with van der Waals surface area (Å²) in [5, 5.41) is 4.99. The number of hydrogen-bond acceptors (Lipinski definition) is 3. The fourth-order valence-electron chi connectivity index (χ4n) is 2.15. The van der Waals surface area contributed by atoms with E-state index in [-0.39, 0.29) is 10.8 Å². The van der Waals surface area contributed by atoms with E-state index in [2.05, 4.69) is 4.98 Å². The van der Waals surface area contributed by atoms with Crippen LogP contribution in [0.5, 0.6) is 0 Å². The zero-order valence-corrected chi connectivity index (χ0v) is 12.8. The molecular weight excluding hydrogens is 293 g/mol. The summed E-state index contributed by atoms with van der Waals surface area (Å²) in [5.74, 6) is 0.367. The highest BCUT2D eigenvalue weighted by Gasteiger charge is 2.16. The first-order valence-corrected chi connectivity index (χ1v) is 8.19. The van der Waals surface area contributed by atoms with Crippen LogP contribution in [0.4, 0.5) is 4.39 Å². The highest BCUT2D eigenvalue weighted by molar-refractivity contribution is 7.89. The molecule has 0 saturated heterocycles. The van der Waals surface area contributed by atoms with Crippen molar-refractivity contribution in [1.29, 1.82) is 0 Å². The SMILES string of the molecule is CCCc1nc(S(N)(=O)=O)cn1Cc1ccc(F)cc1C. The number of imidazole rings is 1. The van der Waals surface area contributed by atoms with Crippen LogP contribution in [0.1, 0.15) is 30.3 Å². The molecule has 114 valence electrons. The zero-order valence-electron chi connectivity index (χ0n) is 12.0. The van der Waals surface area contributed by atoms with E-state index in [4.69, 9.17) is 5.14 Å². The Hall–Kier alpha value is -1.73. The maximum Gasteiger partial charge on any atom is 0.257 e. The standard InChI is InChI=1S/C14H18FN3O2S/c1-3-4-13-17-14(21(16,19)20)9-18(13)8-11-5-6-12(15)7-10(11)2/h5-7,9H,3-4,8H2,1-2H3,(H2,16,19,20). The number of primary sulfonamides is 1. The Morgan fingerprint density at radius 3 is 2.67 bits per heavy atom. The maximum atomic E-state index is 13.1. The number of nitrogens with two attached hydrogens (primary N) is 1. The van der Waals surface area contributed by atoms with Gasteiger partial charge in [0.25, 0.3) is 10.0 Å². The largest absolute Gasteiger partial charge is 0.329 e. The first-order chi connectivity index (χ1) is 9.81. The topological polar surface area (TPSA) is 78.0 Å². The molecule has 5 nitrogen and oxygen atoms in total. The molecule has 0 aliphatic carbocycles. The van der Waals surface area contributed by atoms with E-state index in [1.54, 1.807) is 10.6 Å². The number of hydrogen-bond donors (Lipinski definition) is 1. The van der Waals surface area contributed by atoms with Crippen molar-refractivity contribution < 1.29 is 12.8 Å². The number of nitrogens with zero attached hydrogens (tertiary/aromatic N) is 2. The molecule has 0 bridgehead atoms. The Labute approximate surface area is 123 Å². The molecule has 1 aromatic heterocycles. The van der Waals surface area contributed by atoms with Crippen LogP contribution >= 0.6 is 0 Å². The van der Waals surface area contributed by atoms with Gasteiger partial charge in [0.05, 0.1) is 0 Å². The lowest BCUT2D eigenvalue weighted by atomic mass is 10.1. The van der Waals surface area contributed by atoms with Gasteiger partial charge < -0.3 is 4.57 Å². The lowest BCUT2D eigenvalue weighted by Crippen LogP contribution is -2.12. The van der Waals surface area contributed by atoms with E-state index in [9.17, 15) is 12.8 Å². The molecule has 1 aromatic carbocycles. The average Bonchev–Trinajstić information content (AvgIpc) is 2.76. The lowest BCUT2D eigenvalue weighted by molar-refractivity contribution is 0.594. The van der Waals surface area contributed by atoms with Gasteiger partial charge in [0.2, 0.25) is 0 Å². The van der Waals surface area contributed by atoms with E-state index in [1.807, 2.05) is 13.8 Å². The quantitative estimate of drug-likeness (QED) is 0.917. The monoisotopic (exact) mass is 311 g/mol. The fraction of sp³-hybridized carbons (Fsp3) is 0.357. The van der Waals surface area contributed by atoms with Crippen molar-refractivity contribution in [2.24, 2.45) is 5.14 Å². The third-order valence-corrected chi connectivity index (χ3v) is 4.03. The van der Waals surface area contributed by atoms with E-state index in [0.717, 1.165) is 17.5 Å². The highest BCUT2D eigenvalue weighted by atomic mass is 32.2. The first kappa shape index (κ1) is 15.7. The van der Waals surface area contributed by atoms with Gasteiger partial charge in [-0.3, -0.25) is 0 Å². The molecule has 0 radical (unpaired) electrons. The Morgan fingerprint density at radius 1 is 1.38 bits per heavy atom. The predicted octanol–water partition coefficient (Wildman–Crippen LogP) is 1.98. The van der Waals surface area contributed by atoms with Crippen LogP contribution in [-0.2, 0) is 23.0 Å². The van der Waals surface area contributed by atoms with E-state index in [1.165, 1.54) is 18.3 Å². The van der Waals surface area contributed by atoms with Crippen LogP contribution in [0, 0.1) is 12.7 Å². The predicted molar refractivity (Wildman–Crippen MR) is 77.8 cm³/mol. The number of halogens is 1. The minimum Gasteiger partial charge on any atom is -0.329 e. The summed E-state index contributed by atoms with van der Waals surface area (Å²) < 4.78 is 37.7. The third-order valence-electron chi connectivity index (χ3n) is 3.25. The molecule has 0 fully saturated rings.